The molecule has 2 nitrogen and oxygen atoms in total. The van der Waals surface area contributed by atoms with Crippen molar-refractivity contribution in [2.45, 2.75) is 24.2 Å². The Balaban J connectivity index is 1.55. The lowest BCUT2D eigenvalue weighted by Gasteiger charge is -2.05. The summed E-state index contributed by atoms with van der Waals surface area (Å²) in [7, 11) is 0. The smallest absolute Gasteiger partial charge is 0.220 e. The zero-order chi connectivity index (χ0) is 15.6. The van der Waals surface area contributed by atoms with E-state index in [0.29, 0.717) is 13.0 Å². The number of aryl methyl sites for hydroxylation is 1. The van der Waals surface area contributed by atoms with Crippen molar-refractivity contribution < 1.29 is 9.18 Å². The molecule has 0 spiro atoms. The molecule has 0 bridgehead atoms. The largest absolute Gasteiger partial charge is 0.356 e. The monoisotopic (exact) mass is 317 g/mol. The zero-order valence-corrected chi connectivity index (χ0v) is 13.2. The summed E-state index contributed by atoms with van der Waals surface area (Å²) in [4.78, 5) is 12.9. The topological polar surface area (TPSA) is 29.1 Å². The average Bonchev–Trinajstić information content (AvgIpc) is 2.54. The highest BCUT2D eigenvalue weighted by Gasteiger charge is 2.02. The predicted octanol–water partition coefficient (Wildman–Crippen LogP) is 4.06. The van der Waals surface area contributed by atoms with E-state index < -0.39 is 0 Å². The minimum atomic E-state index is -0.215. The van der Waals surface area contributed by atoms with Gasteiger partial charge in [0.2, 0.25) is 5.91 Å². The van der Waals surface area contributed by atoms with E-state index in [4.69, 9.17) is 0 Å². The Bertz CT molecular complexity index is 571. The summed E-state index contributed by atoms with van der Waals surface area (Å²) in [6.07, 6.45) is 2.23. The molecule has 1 N–H and O–H groups in total. The van der Waals surface area contributed by atoms with Gasteiger partial charge in [-0.1, -0.05) is 30.3 Å². The minimum Gasteiger partial charge on any atom is -0.356 e. The third-order valence-corrected chi connectivity index (χ3v) is 4.23. The van der Waals surface area contributed by atoms with Crippen molar-refractivity contribution >= 4 is 17.7 Å². The van der Waals surface area contributed by atoms with Gasteiger partial charge in [0.25, 0.3) is 0 Å². The molecule has 0 unspecified atom stereocenters. The predicted molar refractivity (Wildman–Crippen MR) is 89.5 cm³/mol. The molecule has 0 saturated heterocycles. The highest BCUT2D eigenvalue weighted by atomic mass is 32.2. The van der Waals surface area contributed by atoms with Gasteiger partial charge in [0.15, 0.2) is 0 Å². The van der Waals surface area contributed by atoms with Crippen molar-refractivity contribution in [3.8, 4) is 0 Å². The van der Waals surface area contributed by atoms with Crippen molar-refractivity contribution in [2.75, 3.05) is 12.3 Å². The van der Waals surface area contributed by atoms with Crippen LogP contribution < -0.4 is 5.32 Å². The summed E-state index contributed by atoms with van der Waals surface area (Å²) in [6.45, 7) is 0.659. The SMILES string of the molecule is O=C(CCSc1ccccc1)NCCCc1ccc(F)cc1. The highest BCUT2D eigenvalue weighted by Crippen LogP contribution is 2.17. The molecule has 2 aromatic carbocycles. The van der Waals surface area contributed by atoms with Gasteiger partial charge in [0.05, 0.1) is 0 Å². The molecule has 0 aliphatic rings. The van der Waals surface area contributed by atoms with Gasteiger partial charge in [-0.2, -0.15) is 0 Å². The van der Waals surface area contributed by atoms with E-state index in [9.17, 15) is 9.18 Å². The maximum absolute atomic E-state index is 12.8. The first kappa shape index (κ1) is 16.6. The molecule has 4 heteroatoms. The van der Waals surface area contributed by atoms with Gasteiger partial charge >= 0.3 is 0 Å². The normalized spacial score (nSPS) is 10.4. The summed E-state index contributed by atoms with van der Waals surface area (Å²) in [5, 5.41) is 2.92. The van der Waals surface area contributed by atoms with Crippen molar-refractivity contribution in [3.05, 3.63) is 66.0 Å². The summed E-state index contributed by atoms with van der Waals surface area (Å²) in [6, 6.07) is 16.6. The van der Waals surface area contributed by atoms with Crippen LogP contribution in [0.5, 0.6) is 0 Å². The van der Waals surface area contributed by atoms with E-state index in [0.717, 1.165) is 24.2 Å². The van der Waals surface area contributed by atoms with Gasteiger partial charge in [0.1, 0.15) is 5.82 Å². The molecule has 0 aliphatic carbocycles. The molecule has 22 heavy (non-hydrogen) atoms. The number of hydrogen-bond acceptors (Lipinski definition) is 2. The van der Waals surface area contributed by atoms with Gasteiger partial charge in [-0.15, -0.1) is 11.8 Å². The molecule has 1 amide bonds. The zero-order valence-electron chi connectivity index (χ0n) is 12.4. The fourth-order valence-corrected chi connectivity index (χ4v) is 2.91. The number of halogens is 1. The Morgan fingerprint density at radius 1 is 1.05 bits per heavy atom. The van der Waals surface area contributed by atoms with Gasteiger partial charge in [-0.3, -0.25) is 4.79 Å². The van der Waals surface area contributed by atoms with Gasteiger partial charge in [-0.25, -0.2) is 4.39 Å². The summed E-state index contributed by atoms with van der Waals surface area (Å²) < 4.78 is 12.8. The van der Waals surface area contributed by atoms with Crippen molar-refractivity contribution in [1.82, 2.24) is 5.32 Å². The van der Waals surface area contributed by atoms with Crippen LogP contribution in [-0.4, -0.2) is 18.2 Å². The van der Waals surface area contributed by atoms with Gasteiger partial charge < -0.3 is 5.32 Å². The number of benzene rings is 2. The van der Waals surface area contributed by atoms with Crippen LogP contribution in [0.4, 0.5) is 4.39 Å². The third kappa shape index (κ3) is 6.31. The number of thioether (sulfide) groups is 1. The van der Waals surface area contributed by atoms with E-state index in [1.807, 2.05) is 30.3 Å². The second kappa shape index (κ2) is 9.26. The molecule has 0 atom stereocenters. The molecule has 116 valence electrons. The number of hydrogen-bond donors (Lipinski definition) is 1. The highest BCUT2D eigenvalue weighted by molar-refractivity contribution is 7.99. The maximum Gasteiger partial charge on any atom is 0.220 e. The molecule has 0 aliphatic heterocycles. The number of nitrogens with one attached hydrogen (secondary N) is 1. The van der Waals surface area contributed by atoms with Crippen LogP contribution in [0.2, 0.25) is 0 Å². The lowest BCUT2D eigenvalue weighted by Crippen LogP contribution is -2.24. The molecular formula is C18H20FNOS. The first-order valence-electron chi connectivity index (χ1n) is 7.43. The number of carbonyl (C=O) groups is 1. The summed E-state index contributed by atoms with van der Waals surface area (Å²) in [5.41, 5.74) is 1.09. The molecule has 0 radical (unpaired) electrons. The lowest BCUT2D eigenvalue weighted by molar-refractivity contribution is -0.120. The summed E-state index contributed by atoms with van der Waals surface area (Å²) >= 11 is 1.69. The Hall–Kier alpha value is -1.81. The fraction of sp³-hybridized carbons (Fsp3) is 0.278. The fourth-order valence-electron chi connectivity index (χ4n) is 2.04. The van der Waals surface area contributed by atoms with E-state index in [-0.39, 0.29) is 11.7 Å². The quantitative estimate of drug-likeness (QED) is 0.588. The minimum absolute atomic E-state index is 0.0857. The third-order valence-electron chi connectivity index (χ3n) is 3.22. The molecule has 0 aromatic heterocycles. The van der Waals surface area contributed by atoms with Crippen LogP contribution in [0.15, 0.2) is 59.5 Å². The Kier molecular flexibility index (Phi) is 6.97. The maximum atomic E-state index is 12.8. The molecule has 0 heterocycles. The molecule has 2 aromatic rings. The number of rotatable bonds is 8. The Labute approximate surface area is 135 Å². The van der Waals surface area contributed by atoms with Crippen LogP contribution in [0.25, 0.3) is 0 Å². The van der Waals surface area contributed by atoms with Gasteiger partial charge in [0, 0.05) is 23.6 Å². The lowest BCUT2D eigenvalue weighted by atomic mass is 10.1. The Morgan fingerprint density at radius 3 is 2.50 bits per heavy atom. The molecular weight excluding hydrogens is 297 g/mol. The molecule has 2 rings (SSSR count). The van der Waals surface area contributed by atoms with Crippen molar-refractivity contribution in [1.29, 1.82) is 0 Å². The average molecular weight is 317 g/mol. The standard InChI is InChI=1S/C18H20FNOS/c19-16-10-8-15(9-11-16)5-4-13-20-18(21)12-14-22-17-6-2-1-3-7-17/h1-3,6-11H,4-5,12-14H2,(H,20,21). The Morgan fingerprint density at radius 2 is 1.77 bits per heavy atom. The van der Waals surface area contributed by atoms with E-state index in [2.05, 4.69) is 5.32 Å². The first-order valence-corrected chi connectivity index (χ1v) is 8.41. The molecule has 0 saturated carbocycles. The van der Waals surface area contributed by atoms with Crippen LogP contribution in [0, 0.1) is 5.82 Å². The summed E-state index contributed by atoms with van der Waals surface area (Å²) in [5.74, 6) is 0.656. The van der Waals surface area contributed by atoms with Crippen LogP contribution in [0.1, 0.15) is 18.4 Å². The second-order valence-electron chi connectivity index (χ2n) is 4.99. The van der Waals surface area contributed by atoms with Gasteiger partial charge in [-0.05, 0) is 42.7 Å². The van der Waals surface area contributed by atoms with E-state index in [1.165, 1.54) is 17.0 Å². The number of carbonyl (C=O) groups excluding carboxylic acids is 1. The van der Waals surface area contributed by atoms with E-state index in [1.54, 1.807) is 23.9 Å². The van der Waals surface area contributed by atoms with Crippen LogP contribution in [-0.2, 0) is 11.2 Å². The van der Waals surface area contributed by atoms with Crippen LogP contribution in [0.3, 0.4) is 0 Å². The van der Waals surface area contributed by atoms with Crippen molar-refractivity contribution in [3.63, 3.8) is 0 Å². The molecule has 0 fully saturated rings. The van der Waals surface area contributed by atoms with Crippen molar-refractivity contribution in [2.24, 2.45) is 0 Å². The second-order valence-corrected chi connectivity index (χ2v) is 6.16. The van der Waals surface area contributed by atoms with E-state index >= 15 is 0 Å². The first-order chi connectivity index (χ1) is 10.7. The van der Waals surface area contributed by atoms with Crippen LogP contribution >= 0.6 is 11.8 Å². The number of amides is 1.